The third kappa shape index (κ3) is 5.07. The fourth-order valence-electron chi connectivity index (χ4n) is 3.21. The average Bonchev–Trinajstić information content (AvgIpc) is 2.84. The van der Waals surface area contributed by atoms with Crippen LogP contribution in [-0.2, 0) is 16.6 Å². The van der Waals surface area contributed by atoms with E-state index < -0.39 is 10.0 Å². The second-order valence-electron chi connectivity index (χ2n) is 6.92. The van der Waals surface area contributed by atoms with Gasteiger partial charge in [-0.05, 0) is 56.8 Å². The van der Waals surface area contributed by atoms with Crippen molar-refractivity contribution < 1.29 is 12.9 Å². The van der Waals surface area contributed by atoms with Gasteiger partial charge in [-0.1, -0.05) is 5.16 Å². The number of nitrogens with two attached hydrogens (primary N) is 1. The number of primary sulfonamides is 1. The molecule has 2 heterocycles. The molecule has 3 rings (SSSR count). The molecule has 1 aliphatic rings. The van der Waals surface area contributed by atoms with E-state index in [-0.39, 0.29) is 4.90 Å². The van der Waals surface area contributed by atoms with Gasteiger partial charge >= 0.3 is 0 Å². The molecule has 0 radical (unpaired) electrons. The molecule has 2 aromatic rings. The lowest BCUT2D eigenvalue weighted by Crippen LogP contribution is -2.37. The quantitative estimate of drug-likeness (QED) is 0.718. The highest BCUT2D eigenvalue weighted by Gasteiger charge is 2.20. The van der Waals surface area contributed by atoms with E-state index in [2.05, 4.69) is 20.3 Å². The molecular weight excluding hydrogens is 398 g/mol. The molecule has 0 atom stereocenters. The molecule has 1 fully saturated rings. The number of sulfonamides is 1. The minimum absolute atomic E-state index is 0.0775. The Morgan fingerprint density at radius 3 is 2.54 bits per heavy atom. The molecule has 1 aromatic heterocycles. The highest BCUT2D eigenvalue weighted by molar-refractivity contribution is 7.89. The van der Waals surface area contributed by atoms with Crippen molar-refractivity contribution in [3.8, 4) is 0 Å². The van der Waals surface area contributed by atoms with Gasteiger partial charge in [0.05, 0.1) is 10.6 Å². The Labute approximate surface area is 170 Å². The second kappa shape index (κ2) is 8.56. The smallest absolute Gasteiger partial charge is 0.238 e. The van der Waals surface area contributed by atoms with E-state index in [9.17, 15) is 8.42 Å². The first-order valence-electron chi connectivity index (χ1n) is 9.07. The van der Waals surface area contributed by atoms with E-state index in [4.69, 9.17) is 21.9 Å². The minimum atomic E-state index is -3.70. The van der Waals surface area contributed by atoms with Crippen LogP contribution >= 0.6 is 12.2 Å². The third-order valence-electron chi connectivity index (χ3n) is 4.87. The van der Waals surface area contributed by atoms with E-state index in [1.54, 1.807) is 12.1 Å². The first kappa shape index (κ1) is 20.7. The van der Waals surface area contributed by atoms with Crippen LogP contribution in [0.4, 0.5) is 5.69 Å². The first-order valence-corrected chi connectivity index (χ1v) is 11.0. The van der Waals surface area contributed by atoms with Gasteiger partial charge in [-0.3, -0.25) is 4.90 Å². The maximum atomic E-state index is 11.3. The number of thiocarbonyl (C=S) groups is 1. The first-order chi connectivity index (χ1) is 13.2. The number of aryl methyl sites for hydroxylation is 2. The molecule has 8 nitrogen and oxygen atoms in total. The van der Waals surface area contributed by atoms with Crippen LogP contribution in [0.15, 0.2) is 33.7 Å². The van der Waals surface area contributed by atoms with Gasteiger partial charge in [0.25, 0.3) is 0 Å². The van der Waals surface area contributed by atoms with Crippen molar-refractivity contribution in [1.82, 2.24) is 15.0 Å². The van der Waals surface area contributed by atoms with Gasteiger partial charge in [-0.2, -0.15) is 0 Å². The van der Waals surface area contributed by atoms with Crippen LogP contribution in [-0.4, -0.2) is 54.7 Å². The second-order valence-corrected chi connectivity index (χ2v) is 8.87. The summed E-state index contributed by atoms with van der Waals surface area (Å²) in [5.41, 5.74) is 2.83. The van der Waals surface area contributed by atoms with Crippen molar-refractivity contribution in [3.63, 3.8) is 0 Å². The Bertz CT molecular complexity index is 921. The number of hydrogen-bond acceptors (Lipinski definition) is 6. The average molecular weight is 424 g/mol. The maximum absolute atomic E-state index is 11.3. The lowest BCUT2D eigenvalue weighted by molar-refractivity contribution is 0.275. The van der Waals surface area contributed by atoms with Crippen LogP contribution in [0.2, 0.25) is 0 Å². The van der Waals surface area contributed by atoms with Gasteiger partial charge in [-0.15, -0.1) is 0 Å². The van der Waals surface area contributed by atoms with Crippen LogP contribution < -0.4 is 10.5 Å². The molecule has 0 unspecified atom stereocenters. The molecule has 10 heteroatoms. The highest BCUT2D eigenvalue weighted by Crippen LogP contribution is 2.17. The molecule has 0 saturated carbocycles. The van der Waals surface area contributed by atoms with E-state index in [0.717, 1.165) is 61.8 Å². The molecule has 0 spiro atoms. The highest BCUT2D eigenvalue weighted by atomic mass is 32.2. The van der Waals surface area contributed by atoms with E-state index in [1.165, 1.54) is 12.1 Å². The zero-order chi connectivity index (χ0) is 20.3. The van der Waals surface area contributed by atoms with E-state index >= 15 is 0 Å². The lowest BCUT2D eigenvalue weighted by Gasteiger charge is -2.24. The van der Waals surface area contributed by atoms with Gasteiger partial charge in [-0.25, -0.2) is 13.6 Å². The van der Waals surface area contributed by atoms with Crippen molar-refractivity contribution in [1.29, 1.82) is 0 Å². The van der Waals surface area contributed by atoms with Crippen molar-refractivity contribution in [2.75, 3.05) is 31.5 Å². The van der Waals surface area contributed by atoms with Gasteiger partial charge in [0.1, 0.15) is 5.76 Å². The molecular formula is C18H25N5O3S2. The summed E-state index contributed by atoms with van der Waals surface area (Å²) in [6, 6.07) is 6.25. The summed E-state index contributed by atoms with van der Waals surface area (Å²) in [5.74, 6) is 0.874. The molecule has 1 aliphatic heterocycles. The number of nitrogens with zero attached hydrogens (tertiary/aromatic N) is 3. The summed E-state index contributed by atoms with van der Waals surface area (Å²) in [6.45, 7) is 8.27. The van der Waals surface area contributed by atoms with Crippen molar-refractivity contribution in [2.45, 2.75) is 31.7 Å². The monoisotopic (exact) mass is 423 g/mol. The Morgan fingerprint density at radius 2 is 1.93 bits per heavy atom. The van der Waals surface area contributed by atoms with Crippen molar-refractivity contribution in [2.24, 2.45) is 5.14 Å². The number of nitrogens with one attached hydrogen (secondary N) is 1. The fraction of sp³-hybridized carbons (Fsp3) is 0.444. The van der Waals surface area contributed by atoms with Gasteiger partial charge in [0.15, 0.2) is 5.11 Å². The predicted molar refractivity (Wildman–Crippen MR) is 111 cm³/mol. The van der Waals surface area contributed by atoms with Crippen LogP contribution in [0, 0.1) is 13.8 Å². The van der Waals surface area contributed by atoms with Gasteiger partial charge in [0.2, 0.25) is 10.0 Å². The molecule has 1 aromatic carbocycles. The Kier molecular flexibility index (Phi) is 6.33. The maximum Gasteiger partial charge on any atom is 0.238 e. The number of hydrogen-bond donors (Lipinski definition) is 2. The zero-order valence-corrected chi connectivity index (χ0v) is 17.6. The fourth-order valence-corrected chi connectivity index (χ4v) is 4.03. The molecule has 152 valence electrons. The minimum Gasteiger partial charge on any atom is -0.361 e. The standard InChI is InChI=1S/C18H25N5O3S2/c1-13-17(14(2)26-21-13)12-22-8-3-9-23(11-10-22)18(27)20-15-4-6-16(7-5-15)28(19,24)25/h4-7H,3,8-12H2,1-2H3,(H,20,27)(H2,19,24,25). The van der Waals surface area contributed by atoms with Crippen LogP contribution in [0.25, 0.3) is 0 Å². The van der Waals surface area contributed by atoms with Crippen LogP contribution in [0.3, 0.4) is 0 Å². The molecule has 28 heavy (non-hydrogen) atoms. The summed E-state index contributed by atoms with van der Waals surface area (Å²) in [4.78, 5) is 4.60. The number of rotatable bonds is 4. The zero-order valence-electron chi connectivity index (χ0n) is 16.0. The van der Waals surface area contributed by atoms with Gasteiger partial charge in [0, 0.05) is 44.0 Å². The SMILES string of the molecule is Cc1noc(C)c1CN1CCCN(C(=S)Nc2ccc(S(N)(=O)=O)cc2)CC1. The predicted octanol–water partition coefficient (Wildman–Crippen LogP) is 1.84. The van der Waals surface area contributed by atoms with Crippen molar-refractivity contribution in [3.05, 3.63) is 41.3 Å². The molecule has 0 aliphatic carbocycles. The number of benzene rings is 1. The summed E-state index contributed by atoms with van der Waals surface area (Å²) >= 11 is 5.55. The number of anilines is 1. The molecule has 1 saturated heterocycles. The van der Waals surface area contributed by atoms with E-state index in [0.29, 0.717) is 5.11 Å². The Balaban J connectivity index is 1.57. The molecule has 3 N–H and O–H groups in total. The summed E-state index contributed by atoms with van der Waals surface area (Å²) in [7, 11) is -3.70. The third-order valence-corrected chi connectivity index (χ3v) is 6.16. The molecule has 0 bridgehead atoms. The molecule has 0 amide bonds. The Morgan fingerprint density at radius 1 is 1.21 bits per heavy atom. The normalized spacial score (nSPS) is 16.0. The number of aromatic nitrogens is 1. The Hall–Kier alpha value is -2.01. The van der Waals surface area contributed by atoms with Crippen LogP contribution in [0.1, 0.15) is 23.4 Å². The largest absolute Gasteiger partial charge is 0.361 e. The summed E-state index contributed by atoms with van der Waals surface area (Å²) in [5, 5.41) is 13.0. The van der Waals surface area contributed by atoms with E-state index in [1.807, 2.05) is 13.8 Å². The lowest BCUT2D eigenvalue weighted by atomic mass is 10.2. The summed E-state index contributed by atoms with van der Waals surface area (Å²) < 4.78 is 28.0. The topological polar surface area (TPSA) is 105 Å². The van der Waals surface area contributed by atoms with Gasteiger partial charge < -0.3 is 14.7 Å². The summed E-state index contributed by atoms with van der Waals surface area (Å²) in [6.07, 6.45) is 0.996. The van der Waals surface area contributed by atoms with Crippen molar-refractivity contribution >= 4 is 33.0 Å². The van der Waals surface area contributed by atoms with Crippen LogP contribution in [0.5, 0.6) is 0 Å².